The van der Waals surface area contributed by atoms with Crippen LogP contribution in [0.15, 0.2) is 64.2 Å². The molecule has 1 N–H and O–H groups in total. The van der Waals surface area contributed by atoms with Gasteiger partial charge in [0.25, 0.3) is 11.6 Å². The van der Waals surface area contributed by atoms with E-state index in [0.29, 0.717) is 26.3 Å². The number of thioether (sulfide) groups is 1. The summed E-state index contributed by atoms with van der Waals surface area (Å²) in [5.74, 6) is -1.04. The van der Waals surface area contributed by atoms with Crippen molar-refractivity contribution < 1.29 is 14.1 Å². The number of fused-ring (bicyclic) bond motifs is 1. The molecule has 0 bridgehead atoms. The van der Waals surface area contributed by atoms with Crippen LogP contribution in [0.5, 0.6) is 0 Å². The lowest BCUT2D eigenvalue weighted by Gasteiger charge is -2.31. The summed E-state index contributed by atoms with van der Waals surface area (Å²) in [5.41, 5.74) is 0.802. The second kappa shape index (κ2) is 8.10. The number of nitro benzene ring substituents is 1. The number of allylic oxidation sites excluding steroid dienone is 1. The van der Waals surface area contributed by atoms with E-state index in [0.717, 1.165) is 23.9 Å². The first-order valence-electron chi connectivity index (χ1n) is 8.48. The van der Waals surface area contributed by atoms with Gasteiger partial charge in [0.1, 0.15) is 17.5 Å². The number of carbonyl (C=O) groups excluding carboxylic acids is 1. The van der Waals surface area contributed by atoms with Crippen LogP contribution >= 0.6 is 35.0 Å². The Kier molecular flexibility index (Phi) is 5.50. The molecule has 0 saturated carbocycles. The van der Waals surface area contributed by atoms with Gasteiger partial charge in [-0.1, -0.05) is 41.0 Å². The molecule has 0 spiro atoms. The number of nitrogens with one attached hydrogen (secondary N) is 1. The maximum Gasteiger partial charge on any atom is 0.286 e. The highest BCUT2D eigenvalue weighted by molar-refractivity contribution is 8.14. The maximum absolute atomic E-state index is 13.4. The molecule has 2 aliphatic rings. The van der Waals surface area contributed by atoms with Crippen molar-refractivity contribution >= 4 is 57.2 Å². The van der Waals surface area contributed by atoms with E-state index in [2.05, 4.69) is 10.4 Å². The van der Waals surface area contributed by atoms with E-state index in [1.54, 1.807) is 30.4 Å². The molecular formula is C19H11Cl2FN4O3S. The van der Waals surface area contributed by atoms with Crippen LogP contribution in [0.3, 0.4) is 0 Å². The smallest absolute Gasteiger partial charge is 0.286 e. The number of halogens is 3. The van der Waals surface area contributed by atoms with Crippen molar-refractivity contribution in [2.45, 2.75) is 4.90 Å². The van der Waals surface area contributed by atoms with Gasteiger partial charge in [-0.3, -0.25) is 14.9 Å². The Morgan fingerprint density at radius 2 is 1.93 bits per heavy atom. The minimum absolute atomic E-state index is 0.0969. The number of nitro groups is 1. The topological polar surface area (TPSA) is 87.8 Å². The molecule has 2 aromatic rings. The van der Waals surface area contributed by atoms with Crippen molar-refractivity contribution in [1.29, 1.82) is 0 Å². The van der Waals surface area contributed by atoms with Gasteiger partial charge in [0.05, 0.1) is 37.2 Å². The minimum Gasteiger partial charge on any atom is -0.333 e. The fourth-order valence-electron chi connectivity index (χ4n) is 2.99. The van der Waals surface area contributed by atoms with Crippen molar-refractivity contribution in [1.82, 2.24) is 10.3 Å². The molecule has 2 aliphatic heterocycles. The Morgan fingerprint density at radius 1 is 1.20 bits per heavy atom. The lowest BCUT2D eigenvalue weighted by Crippen LogP contribution is -2.42. The molecule has 0 radical (unpaired) electrons. The standard InChI is InChI=1S/C19H11Cl2FN4O3S/c20-11-2-1-3-12(21)17(11)18-13-5-7-16(24-25(13)9-23-19(18)27)30-15-6-4-10(22)8-14(15)26(28)29/h1-8H,9H2,(H,23,27). The number of carbonyl (C=O) groups is 1. The molecule has 30 heavy (non-hydrogen) atoms. The Balaban J connectivity index is 1.72. The minimum atomic E-state index is -0.697. The molecule has 0 atom stereocenters. The number of rotatable bonds is 3. The van der Waals surface area contributed by atoms with Crippen molar-refractivity contribution in [3.63, 3.8) is 0 Å². The van der Waals surface area contributed by atoms with Crippen molar-refractivity contribution in [2.75, 3.05) is 6.67 Å². The monoisotopic (exact) mass is 464 g/mol. The predicted molar refractivity (Wildman–Crippen MR) is 114 cm³/mol. The first-order valence-corrected chi connectivity index (χ1v) is 10.1. The molecule has 1 amide bonds. The Labute approximate surface area is 184 Å². The molecule has 0 fully saturated rings. The average Bonchev–Trinajstić information content (AvgIpc) is 2.70. The summed E-state index contributed by atoms with van der Waals surface area (Å²) in [7, 11) is 0. The summed E-state index contributed by atoms with van der Waals surface area (Å²) in [5, 5.41) is 21.0. The third-order valence-corrected chi connectivity index (χ3v) is 5.92. The first-order chi connectivity index (χ1) is 14.3. The van der Waals surface area contributed by atoms with E-state index in [1.807, 2.05) is 0 Å². The van der Waals surface area contributed by atoms with Gasteiger partial charge in [0, 0.05) is 5.56 Å². The third kappa shape index (κ3) is 3.79. The summed E-state index contributed by atoms with van der Waals surface area (Å²) < 4.78 is 13.4. The second-order valence-corrected chi connectivity index (χ2v) is 8.04. The summed E-state index contributed by atoms with van der Waals surface area (Å²) in [6.07, 6.45) is 3.28. The van der Waals surface area contributed by atoms with Crippen LogP contribution in [-0.4, -0.2) is 27.6 Å². The fraction of sp³-hybridized carbons (Fsp3) is 0.0526. The van der Waals surface area contributed by atoms with Gasteiger partial charge in [-0.25, -0.2) is 9.40 Å². The lowest BCUT2D eigenvalue weighted by molar-refractivity contribution is -0.387. The van der Waals surface area contributed by atoms with Crippen molar-refractivity contribution in [3.8, 4) is 0 Å². The van der Waals surface area contributed by atoms with Gasteiger partial charge in [-0.2, -0.15) is 5.10 Å². The van der Waals surface area contributed by atoms with E-state index in [1.165, 1.54) is 11.1 Å². The summed E-state index contributed by atoms with van der Waals surface area (Å²) >= 11 is 13.6. The second-order valence-electron chi connectivity index (χ2n) is 6.16. The lowest BCUT2D eigenvalue weighted by atomic mass is 10.0. The Hall–Kier alpha value is -2.88. The van der Waals surface area contributed by atoms with Gasteiger partial charge in [-0.05, 0) is 36.4 Å². The number of hydrazone groups is 1. The molecule has 0 aromatic heterocycles. The van der Waals surface area contributed by atoms with Gasteiger partial charge in [-0.15, -0.1) is 0 Å². The van der Waals surface area contributed by atoms with Crippen molar-refractivity contribution in [3.05, 3.63) is 85.8 Å². The fourth-order valence-corrected chi connectivity index (χ4v) is 4.45. The number of hydrogen-bond acceptors (Lipinski definition) is 6. The van der Waals surface area contributed by atoms with Crippen LogP contribution in [0, 0.1) is 15.9 Å². The number of amides is 1. The normalized spacial score (nSPS) is 15.6. The molecule has 0 unspecified atom stereocenters. The molecule has 2 aromatic carbocycles. The van der Waals surface area contributed by atoms with Crippen LogP contribution in [-0.2, 0) is 4.79 Å². The molecule has 0 aliphatic carbocycles. The van der Waals surface area contributed by atoms with Crippen LogP contribution in [0.1, 0.15) is 5.56 Å². The quantitative estimate of drug-likeness (QED) is 0.519. The number of nitrogens with zero attached hydrogens (tertiary/aromatic N) is 3. The van der Waals surface area contributed by atoms with E-state index in [4.69, 9.17) is 23.2 Å². The zero-order valence-corrected chi connectivity index (χ0v) is 17.3. The highest BCUT2D eigenvalue weighted by Crippen LogP contribution is 2.38. The zero-order valence-electron chi connectivity index (χ0n) is 14.9. The van der Waals surface area contributed by atoms with E-state index >= 15 is 0 Å². The van der Waals surface area contributed by atoms with E-state index in [-0.39, 0.29) is 28.7 Å². The van der Waals surface area contributed by atoms with E-state index in [9.17, 15) is 19.3 Å². The molecular weight excluding hydrogens is 454 g/mol. The van der Waals surface area contributed by atoms with E-state index < -0.39 is 10.7 Å². The zero-order chi connectivity index (χ0) is 21.4. The molecule has 0 saturated heterocycles. The first kappa shape index (κ1) is 20.4. The van der Waals surface area contributed by atoms with Gasteiger partial charge in [0.2, 0.25) is 0 Å². The molecule has 7 nitrogen and oxygen atoms in total. The maximum atomic E-state index is 13.4. The summed E-state index contributed by atoms with van der Waals surface area (Å²) in [6, 6.07) is 8.27. The summed E-state index contributed by atoms with van der Waals surface area (Å²) in [4.78, 5) is 23.4. The predicted octanol–water partition coefficient (Wildman–Crippen LogP) is 4.82. The number of benzene rings is 2. The van der Waals surface area contributed by atoms with Crippen LogP contribution in [0.4, 0.5) is 10.1 Å². The Morgan fingerprint density at radius 3 is 2.63 bits per heavy atom. The highest BCUT2D eigenvalue weighted by atomic mass is 35.5. The molecule has 4 rings (SSSR count). The average molecular weight is 465 g/mol. The summed E-state index contributed by atoms with van der Waals surface area (Å²) in [6.45, 7) is 0.0969. The molecule has 11 heteroatoms. The Bertz CT molecular complexity index is 1160. The van der Waals surface area contributed by atoms with Crippen molar-refractivity contribution in [2.24, 2.45) is 5.10 Å². The van der Waals surface area contributed by atoms with Crippen LogP contribution in [0.2, 0.25) is 10.0 Å². The third-order valence-electron chi connectivity index (χ3n) is 4.30. The molecule has 152 valence electrons. The van der Waals surface area contributed by atoms with Gasteiger partial charge in [0.15, 0.2) is 0 Å². The van der Waals surface area contributed by atoms with Gasteiger partial charge >= 0.3 is 0 Å². The molecule has 2 heterocycles. The highest BCUT2D eigenvalue weighted by Gasteiger charge is 2.30. The SMILES string of the molecule is O=C1NCN2N=C(Sc3ccc(F)cc3[N+](=O)[O-])C=CC2=C1c1c(Cl)cccc1Cl. The van der Waals surface area contributed by atoms with Crippen LogP contribution in [0.25, 0.3) is 5.57 Å². The van der Waals surface area contributed by atoms with Crippen LogP contribution < -0.4 is 5.32 Å². The number of hydrogen-bond donors (Lipinski definition) is 1. The largest absolute Gasteiger partial charge is 0.333 e. The van der Waals surface area contributed by atoms with Gasteiger partial charge < -0.3 is 5.32 Å².